The topological polar surface area (TPSA) is 163 Å². The van der Waals surface area contributed by atoms with Crippen molar-refractivity contribution >= 4 is 51.9 Å². The van der Waals surface area contributed by atoms with Crippen LogP contribution in [0.1, 0.15) is 65.7 Å². The highest BCUT2D eigenvalue weighted by Crippen LogP contribution is 2.45. The molecule has 0 bridgehead atoms. The van der Waals surface area contributed by atoms with Gasteiger partial charge in [-0.05, 0) is 76.1 Å². The van der Waals surface area contributed by atoms with Crippen molar-refractivity contribution < 1.29 is 33.8 Å². The highest BCUT2D eigenvalue weighted by atomic mass is 32.1. The molecule has 1 aliphatic carbocycles. The summed E-state index contributed by atoms with van der Waals surface area (Å²) in [7, 11) is 3.90. The number of nitrogens with one attached hydrogen (secondary N) is 2. The predicted octanol–water partition coefficient (Wildman–Crippen LogP) is 5.15. The van der Waals surface area contributed by atoms with Crippen molar-refractivity contribution in [2.24, 2.45) is 5.92 Å². The van der Waals surface area contributed by atoms with Crippen LogP contribution in [0.4, 0.5) is 10.5 Å². The lowest BCUT2D eigenvalue weighted by Gasteiger charge is -2.30. The Hall–Kier alpha value is -4.72. The molecule has 3 amide bonds. The van der Waals surface area contributed by atoms with Crippen molar-refractivity contribution in [3.63, 3.8) is 0 Å². The second kappa shape index (κ2) is 14.5. The van der Waals surface area contributed by atoms with Crippen LogP contribution in [0.5, 0.6) is 5.88 Å². The van der Waals surface area contributed by atoms with Crippen molar-refractivity contribution in [1.29, 1.82) is 0 Å². The van der Waals surface area contributed by atoms with Crippen LogP contribution < -0.4 is 20.3 Å². The van der Waals surface area contributed by atoms with Crippen LogP contribution in [0.2, 0.25) is 0 Å². The number of benzene rings is 1. The van der Waals surface area contributed by atoms with E-state index in [1.807, 2.05) is 66.9 Å². The predicted molar refractivity (Wildman–Crippen MR) is 194 cm³/mol. The van der Waals surface area contributed by atoms with Crippen LogP contribution in [0.25, 0.3) is 21.6 Å². The van der Waals surface area contributed by atoms with Gasteiger partial charge in [0.15, 0.2) is 0 Å². The summed E-state index contributed by atoms with van der Waals surface area (Å²) >= 11 is 1.49. The molecule has 0 radical (unpaired) electrons. The molecule has 1 aromatic carbocycles. The zero-order valence-corrected chi connectivity index (χ0v) is 30.5. The second-order valence-corrected chi connectivity index (χ2v) is 15.7. The maximum Gasteiger partial charge on any atom is 0.408 e. The molecular weight excluding hydrogens is 673 g/mol. The lowest BCUT2D eigenvalue weighted by Crippen LogP contribution is -2.56. The van der Waals surface area contributed by atoms with Crippen molar-refractivity contribution in [3.8, 4) is 16.5 Å². The Balaban J connectivity index is 1.34. The summed E-state index contributed by atoms with van der Waals surface area (Å²) < 4.78 is 12.1. The van der Waals surface area contributed by atoms with Crippen LogP contribution in [0.15, 0.2) is 47.9 Å². The number of aliphatic carboxylic acids is 1. The number of aromatic nitrogens is 2. The van der Waals surface area contributed by atoms with Crippen molar-refractivity contribution in [1.82, 2.24) is 25.5 Å². The van der Waals surface area contributed by atoms with Gasteiger partial charge in [-0.2, -0.15) is 0 Å². The fourth-order valence-electron chi connectivity index (χ4n) is 6.72. The first-order valence-corrected chi connectivity index (χ1v) is 18.3. The maximum absolute atomic E-state index is 14.4. The molecule has 14 heteroatoms. The molecule has 2 aliphatic heterocycles. The highest BCUT2D eigenvalue weighted by molar-refractivity contribution is 7.13. The molecule has 1 saturated carbocycles. The van der Waals surface area contributed by atoms with E-state index in [4.69, 9.17) is 19.4 Å². The maximum atomic E-state index is 14.4. The number of thiophene rings is 1. The monoisotopic (exact) mass is 718 g/mol. The third-order valence-corrected chi connectivity index (χ3v) is 10.4. The van der Waals surface area contributed by atoms with Crippen LogP contribution in [0.3, 0.4) is 0 Å². The molecule has 2 fully saturated rings. The van der Waals surface area contributed by atoms with Gasteiger partial charge in [-0.15, -0.1) is 11.3 Å². The smallest absolute Gasteiger partial charge is 0.408 e. The minimum Gasteiger partial charge on any atom is -0.479 e. The first-order valence-electron chi connectivity index (χ1n) is 17.5. The van der Waals surface area contributed by atoms with Crippen LogP contribution in [-0.2, 0) is 19.1 Å². The van der Waals surface area contributed by atoms with Crippen molar-refractivity contribution in [2.45, 2.75) is 95.0 Å². The first kappa shape index (κ1) is 36.1. The summed E-state index contributed by atoms with van der Waals surface area (Å²) in [6.07, 6.45) is 6.13. The molecule has 1 saturated heterocycles. The Bertz CT molecular complexity index is 1820. The van der Waals surface area contributed by atoms with E-state index in [-0.39, 0.29) is 31.2 Å². The molecule has 3 N–H and O–H groups in total. The largest absolute Gasteiger partial charge is 0.479 e. The van der Waals surface area contributed by atoms with Gasteiger partial charge in [0.25, 0.3) is 0 Å². The van der Waals surface area contributed by atoms with Gasteiger partial charge < -0.3 is 35.0 Å². The molecule has 3 aromatic rings. The lowest BCUT2D eigenvalue weighted by molar-refractivity contribution is -0.145. The number of carboxylic acid groups (broad SMARTS) is 1. The van der Waals surface area contributed by atoms with Crippen molar-refractivity contribution in [3.05, 3.63) is 47.9 Å². The minimum absolute atomic E-state index is 0.00991. The fraction of sp³-hybridized carbons (Fsp3) is 0.514. The number of ether oxygens (including phenoxy) is 2. The molecule has 6 rings (SSSR count). The summed E-state index contributed by atoms with van der Waals surface area (Å²) in [5.74, 6) is -2.25. The van der Waals surface area contributed by atoms with Gasteiger partial charge in [-0.1, -0.05) is 31.1 Å². The molecule has 3 aliphatic rings. The van der Waals surface area contributed by atoms with E-state index in [1.54, 1.807) is 20.8 Å². The van der Waals surface area contributed by atoms with Gasteiger partial charge in [-0.3, -0.25) is 9.59 Å². The second-order valence-electron chi connectivity index (χ2n) is 14.7. The molecule has 3 unspecified atom stereocenters. The number of hydrogen-bond acceptors (Lipinski definition) is 10. The Kier molecular flexibility index (Phi) is 10.3. The van der Waals surface area contributed by atoms with E-state index in [9.17, 15) is 24.3 Å². The van der Waals surface area contributed by atoms with Gasteiger partial charge in [0.2, 0.25) is 17.7 Å². The number of anilines is 1. The number of carbonyl (C=O) groups is 4. The van der Waals surface area contributed by atoms with Gasteiger partial charge >= 0.3 is 12.1 Å². The number of amides is 3. The Labute approximate surface area is 301 Å². The molecule has 4 heterocycles. The highest BCUT2D eigenvalue weighted by Gasteiger charge is 2.61. The molecule has 5 atom stereocenters. The zero-order chi connectivity index (χ0) is 36.5. The van der Waals surface area contributed by atoms with Crippen LogP contribution in [0, 0.1) is 5.92 Å². The van der Waals surface area contributed by atoms with E-state index in [0.717, 1.165) is 29.8 Å². The average molecular weight is 719 g/mol. The number of nitrogens with zero attached hydrogens (tertiary/aromatic N) is 4. The number of allylic oxidation sites excluding steroid dienone is 1. The Morgan fingerprint density at radius 2 is 1.92 bits per heavy atom. The molecule has 272 valence electrons. The molecule has 2 aromatic heterocycles. The van der Waals surface area contributed by atoms with E-state index in [2.05, 4.69) is 10.6 Å². The van der Waals surface area contributed by atoms with E-state index >= 15 is 0 Å². The number of rotatable bonds is 6. The standard InChI is InChI=1S/C37H46N6O7S/c1-36(2,3)50-35(48)40-26-13-10-8-6-7-9-12-22-20-37(22,34(46)47)41-31(44)28-19-24(21-43(28)33(26)45)49-32-30(29-14-11-17-51-29)38-27-18-23(42(4)5)15-16-25(27)39-32/h9,11-12,14-18,22,24,26,28H,6-8,10,13,19-21H2,1-5H3,(H,40,48)(H,41,44)(H,46,47)/b12-9-/t22?,24-,26+,28?,37?/m1/s1. The summed E-state index contributed by atoms with van der Waals surface area (Å²) in [4.78, 5) is 67.9. The number of alkyl carbamates (subject to hydrolysis) is 1. The van der Waals surface area contributed by atoms with E-state index in [0.29, 0.717) is 29.6 Å². The third-order valence-electron chi connectivity index (χ3n) is 9.48. The summed E-state index contributed by atoms with van der Waals surface area (Å²) in [5.41, 5.74) is 0.584. The fourth-order valence-corrected chi connectivity index (χ4v) is 7.42. The number of carboxylic acids is 1. The normalized spacial score (nSPS) is 26.2. The molecular formula is C37H46N6O7S. The van der Waals surface area contributed by atoms with Crippen LogP contribution >= 0.6 is 11.3 Å². The van der Waals surface area contributed by atoms with Gasteiger partial charge in [0.1, 0.15) is 35.0 Å². The van der Waals surface area contributed by atoms with Gasteiger partial charge in [-0.25, -0.2) is 19.6 Å². The average Bonchev–Trinajstić information content (AvgIpc) is 3.37. The SMILES string of the molecule is CN(C)c1ccc2nc(O[C@@H]3CC4C(=O)NC5(C(=O)O)CC5/C=C\CCCCC[C@H](NC(=O)OC(C)(C)C)C(=O)N4C3)c(-c3cccs3)nc2c1. The Morgan fingerprint density at radius 1 is 1.12 bits per heavy atom. The minimum atomic E-state index is -1.45. The van der Waals surface area contributed by atoms with Crippen molar-refractivity contribution in [2.75, 3.05) is 25.5 Å². The molecule has 0 spiro atoms. The summed E-state index contributed by atoms with van der Waals surface area (Å²) in [6.45, 7) is 5.24. The quantitative estimate of drug-likeness (QED) is 0.291. The van der Waals surface area contributed by atoms with Crippen LogP contribution in [-0.4, -0.2) is 93.8 Å². The van der Waals surface area contributed by atoms with Gasteiger partial charge in [0.05, 0.1) is 22.5 Å². The zero-order valence-electron chi connectivity index (χ0n) is 29.7. The number of fused-ring (bicyclic) bond motifs is 3. The van der Waals surface area contributed by atoms with E-state index < -0.39 is 53.2 Å². The first-order chi connectivity index (χ1) is 24.2. The summed E-state index contributed by atoms with van der Waals surface area (Å²) in [6, 6.07) is 7.58. The molecule has 13 nitrogen and oxygen atoms in total. The van der Waals surface area contributed by atoms with E-state index in [1.165, 1.54) is 16.2 Å². The number of hydrogen-bond donors (Lipinski definition) is 3. The number of carbonyl (C=O) groups excluding carboxylic acids is 3. The lowest BCUT2D eigenvalue weighted by atomic mass is 10.0. The van der Waals surface area contributed by atoms with Gasteiger partial charge in [0, 0.05) is 32.1 Å². The third kappa shape index (κ3) is 8.11. The molecule has 51 heavy (non-hydrogen) atoms. The summed E-state index contributed by atoms with van der Waals surface area (Å²) in [5, 5.41) is 17.7. The Morgan fingerprint density at radius 3 is 2.63 bits per heavy atom.